The maximum absolute atomic E-state index is 13.1. The van der Waals surface area contributed by atoms with Crippen LogP contribution in [0.2, 0.25) is 0 Å². The van der Waals surface area contributed by atoms with Crippen LogP contribution in [0.15, 0.2) is 34.4 Å². The van der Waals surface area contributed by atoms with Gasteiger partial charge < -0.3 is 0 Å². The van der Waals surface area contributed by atoms with Crippen LogP contribution in [0.4, 0.5) is 8.78 Å². The van der Waals surface area contributed by atoms with Crippen molar-refractivity contribution in [1.29, 1.82) is 0 Å². The third-order valence-corrected chi connectivity index (χ3v) is 4.58. The lowest BCUT2D eigenvalue weighted by atomic mass is 10.1. The highest BCUT2D eigenvalue weighted by atomic mass is 32.1. The van der Waals surface area contributed by atoms with E-state index >= 15 is 0 Å². The van der Waals surface area contributed by atoms with Crippen molar-refractivity contribution in [2.45, 2.75) is 26.3 Å². The SMILES string of the molecule is CC(C)c1nc2scc(-c3ccc(F)cc3)c2c(=O)n1CCF. The average Bonchev–Trinajstić information content (AvgIpc) is 2.95. The lowest BCUT2D eigenvalue weighted by Gasteiger charge is -2.13. The summed E-state index contributed by atoms with van der Waals surface area (Å²) < 4.78 is 27.4. The highest BCUT2D eigenvalue weighted by Gasteiger charge is 2.18. The number of thiophene rings is 1. The molecule has 6 heteroatoms. The fourth-order valence-corrected chi connectivity index (χ4v) is 3.57. The van der Waals surface area contributed by atoms with E-state index in [1.54, 1.807) is 12.1 Å². The van der Waals surface area contributed by atoms with E-state index in [9.17, 15) is 13.6 Å². The molecule has 0 radical (unpaired) electrons. The normalized spacial score (nSPS) is 11.5. The molecular weight excluding hydrogens is 318 g/mol. The molecule has 0 bridgehead atoms. The number of hydrogen-bond donors (Lipinski definition) is 0. The van der Waals surface area contributed by atoms with Crippen molar-refractivity contribution >= 4 is 21.6 Å². The number of fused-ring (bicyclic) bond motifs is 1. The molecule has 0 aliphatic rings. The van der Waals surface area contributed by atoms with E-state index < -0.39 is 6.67 Å². The van der Waals surface area contributed by atoms with Crippen LogP contribution in [-0.2, 0) is 6.54 Å². The molecule has 0 saturated carbocycles. The van der Waals surface area contributed by atoms with Gasteiger partial charge in [-0.15, -0.1) is 11.3 Å². The highest BCUT2D eigenvalue weighted by Crippen LogP contribution is 2.31. The summed E-state index contributed by atoms with van der Waals surface area (Å²) in [4.78, 5) is 18.0. The largest absolute Gasteiger partial charge is 0.293 e. The Morgan fingerprint density at radius 1 is 1.26 bits per heavy atom. The summed E-state index contributed by atoms with van der Waals surface area (Å²) in [7, 11) is 0. The van der Waals surface area contributed by atoms with E-state index in [1.807, 2.05) is 19.2 Å². The number of nitrogens with zero attached hydrogens (tertiary/aromatic N) is 2. The molecule has 0 aliphatic heterocycles. The first kappa shape index (κ1) is 15.8. The van der Waals surface area contributed by atoms with E-state index in [0.717, 1.165) is 5.56 Å². The van der Waals surface area contributed by atoms with Gasteiger partial charge in [0.2, 0.25) is 0 Å². The molecule has 1 aromatic carbocycles. The fourth-order valence-electron chi connectivity index (χ4n) is 2.62. The summed E-state index contributed by atoms with van der Waals surface area (Å²) >= 11 is 1.37. The Labute approximate surface area is 136 Å². The Kier molecular flexibility index (Phi) is 4.26. The molecule has 3 nitrogen and oxygen atoms in total. The maximum Gasteiger partial charge on any atom is 0.262 e. The molecule has 3 aromatic rings. The summed E-state index contributed by atoms with van der Waals surface area (Å²) in [6.07, 6.45) is 0. The van der Waals surface area contributed by atoms with Crippen molar-refractivity contribution in [3.63, 3.8) is 0 Å². The molecule has 0 amide bonds. The number of rotatable bonds is 4. The van der Waals surface area contributed by atoms with Crippen LogP contribution in [0.5, 0.6) is 0 Å². The van der Waals surface area contributed by atoms with Crippen LogP contribution < -0.4 is 5.56 Å². The third kappa shape index (κ3) is 2.79. The minimum Gasteiger partial charge on any atom is -0.293 e. The molecule has 0 N–H and O–H groups in total. The predicted octanol–water partition coefficient (Wildman–Crippen LogP) is 4.36. The van der Waals surface area contributed by atoms with Gasteiger partial charge in [-0.25, -0.2) is 13.8 Å². The highest BCUT2D eigenvalue weighted by molar-refractivity contribution is 7.17. The Hall–Kier alpha value is -2.08. The summed E-state index contributed by atoms with van der Waals surface area (Å²) in [6, 6.07) is 5.97. The molecule has 0 saturated heterocycles. The first-order chi connectivity index (χ1) is 11.0. The van der Waals surface area contributed by atoms with Gasteiger partial charge in [-0.2, -0.15) is 0 Å². The zero-order chi connectivity index (χ0) is 16.6. The van der Waals surface area contributed by atoms with Gasteiger partial charge in [0.1, 0.15) is 23.1 Å². The summed E-state index contributed by atoms with van der Waals surface area (Å²) in [5.41, 5.74) is 1.22. The second-order valence-electron chi connectivity index (χ2n) is 5.61. The molecular formula is C17H16F2N2OS. The third-order valence-electron chi connectivity index (χ3n) is 3.70. The van der Waals surface area contributed by atoms with E-state index in [4.69, 9.17) is 0 Å². The van der Waals surface area contributed by atoms with Gasteiger partial charge in [-0.05, 0) is 17.7 Å². The van der Waals surface area contributed by atoms with Crippen molar-refractivity contribution in [3.05, 3.63) is 51.6 Å². The fraction of sp³-hybridized carbons (Fsp3) is 0.294. The molecule has 120 valence electrons. The second-order valence-corrected chi connectivity index (χ2v) is 6.47. The van der Waals surface area contributed by atoms with Gasteiger partial charge in [0.05, 0.1) is 11.9 Å². The van der Waals surface area contributed by atoms with Gasteiger partial charge in [0.15, 0.2) is 0 Å². The maximum atomic E-state index is 13.1. The van der Waals surface area contributed by atoms with Crippen LogP contribution in [0, 0.1) is 5.82 Å². The lowest BCUT2D eigenvalue weighted by molar-refractivity contribution is 0.428. The predicted molar refractivity (Wildman–Crippen MR) is 89.3 cm³/mol. The molecule has 0 aliphatic carbocycles. The van der Waals surface area contributed by atoms with E-state index in [0.29, 0.717) is 21.6 Å². The molecule has 0 spiro atoms. The van der Waals surface area contributed by atoms with Crippen molar-refractivity contribution in [1.82, 2.24) is 9.55 Å². The molecule has 2 aromatic heterocycles. The molecule has 23 heavy (non-hydrogen) atoms. The number of halogens is 2. The summed E-state index contributed by atoms with van der Waals surface area (Å²) in [5, 5.41) is 2.32. The first-order valence-corrected chi connectivity index (χ1v) is 8.24. The van der Waals surface area contributed by atoms with Crippen molar-refractivity contribution in [3.8, 4) is 11.1 Å². The Morgan fingerprint density at radius 3 is 2.57 bits per heavy atom. The van der Waals surface area contributed by atoms with E-state index in [-0.39, 0.29) is 23.8 Å². The van der Waals surface area contributed by atoms with Crippen LogP contribution in [0.1, 0.15) is 25.6 Å². The average molecular weight is 334 g/mol. The van der Waals surface area contributed by atoms with Gasteiger partial charge in [-0.3, -0.25) is 9.36 Å². The van der Waals surface area contributed by atoms with Gasteiger partial charge in [0.25, 0.3) is 5.56 Å². The molecule has 2 heterocycles. The van der Waals surface area contributed by atoms with Crippen molar-refractivity contribution in [2.75, 3.05) is 6.67 Å². The Balaban J connectivity index is 2.29. The number of hydrogen-bond acceptors (Lipinski definition) is 3. The molecule has 3 rings (SSSR count). The van der Waals surface area contributed by atoms with E-state index in [2.05, 4.69) is 4.98 Å². The van der Waals surface area contributed by atoms with Crippen LogP contribution in [0.3, 0.4) is 0 Å². The summed E-state index contributed by atoms with van der Waals surface area (Å²) in [6.45, 7) is 3.23. The number of benzene rings is 1. The van der Waals surface area contributed by atoms with E-state index in [1.165, 1.54) is 28.0 Å². The molecule has 0 atom stereocenters. The zero-order valence-corrected chi connectivity index (χ0v) is 13.7. The standard InChI is InChI=1S/C17H16F2N2OS/c1-10(2)15-20-16-14(17(22)21(15)8-7-18)13(9-23-16)11-3-5-12(19)6-4-11/h3-6,9-10H,7-8H2,1-2H3. The van der Waals surface area contributed by atoms with Gasteiger partial charge in [-0.1, -0.05) is 26.0 Å². The second kappa shape index (κ2) is 6.20. The van der Waals surface area contributed by atoms with Crippen molar-refractivity contribution in [2.24, 2.45) is 0 Å². The quantitative estimate of drug-likeness (QED) is 0.711. The smallest absolute Gasteiger partial charge is 0.262 e. The summed E-state index contributed by atoms with van der Waals surface area (Å²) in [5.74, 6) is 0.283. The lowest BCUT2D eigenvalue weighted by Crippen LogP contribution is -2.26. The number of aromatic nitrogens is 2. The van der Waals surface area contributed by atoms with Crippen LogP contribution in [-0.4, -0.2) is 16.2 Å². The number of alkyl halides is 1. The van der Waals surface area contributed by atoms with Gasteiger partial charge in [0, 0.05) is 16.9 Å². The molecule has 0 fully saturated rings. The topological polar surface area (TPSA) is 34.9 Å². The van der Waals surface area contributed by atoms with Gasteiger partial charge >= 0.3 is 0 Å². The first-order valence-electron chi connectivity index (χ1n) is 7.36. The minimum absolute atomic E-state index is 0.00596. The monoisotopic (exact) mass is 334 g/mol. The zero-order valence-electron chi connectivity index (χ0n) is 12.8. The molecule has 0 unspecified atom stereocenters. The Morgan fingerprint density at radius 2 is 1.96 bits per heavy atom. The minimum atomic E-state index is -0.622. The van der Waals surface area contributed by atoms with Crippen LogP contribution in [0.25, 0.3) is 21.3 Å². The van der Waals surface area contributed by atoms with Crippen molar-refractivity contribution < 1.29 is 8.78 Å². The van der Waals surface area contributed by atoms with Crippen LogP contribution >= 0.6 is 11.3 Å². The Bertz CT molecular complexity index is 897.